The highest BCUT2D eigenvalue weighted by Crippen LogP contribution is 2.13. The van der Waals surface area contributed by atoms with Crippen LogP contribution >= 0.6 is 0 Å². The number of esters is 3. The number of carbonyl (C=O) groups excluding carboxylic acids is 3. The van der Waals surface area contributed by atoms with E-state index >= 15 is 0 Å². The van der Waals surface area contributed by atoms with Crippen LogP contribution in [0.25, 0.3) is 0 Å². The highest BCUT2D eigenvalue weighted by molar-refractivity contribution is 5.74. The van der Waals surface area contributed by atoms with E-state index in [1.807, 2.05) is 26.0 Å². The molecule has 5 atom stereocenters. The summed E-state index contributed by atoms with van der Waals surface area (Å²) in [7, 11) is 3.07. The van der Waals surface area contributed by atoms with Crippen molar-refractivity contribution in [3.8, 4) is 0 Å². The van der Waals surface area contributed by atoms with Crippen LogP contribution in [0, 0.1) is 17.8 Å². The summed E-state index contributed by atoms with van der Waals surface area (Å²) in [5.41, 5.74) is 0. The topological polar surface area (TPSA) is 97.4 Å². The monoisotopic (exact) mass is 426 g/mol. The molecule has 1 aliphatic heterocycles. The minimum absolute atomic E-state index is 0.0508. The van der Waals surface area contributed by atoms with E-state index in [1.54, 1.807) is 26.2 Å². The van der Waals surface area contributed by atoms with Gasteiger partial charge in [0.05, 0.1) is 31.0 Å². The largest absolute Gasteiger partial charge is 0.465 e. The number of cyclic esters (lactones) is 3. The Bertz CT molecular complexity index is 612. The summed E-state index contributed by atoms with van der Waals surface area (Å²) >= 11 is 0. The van der Waals surface area contributed by atoms with Gasteiger partial charge in [-0.3, -0.25) is 14.4 Å². The third kappa shape index (κ3) is 9.54. The van der Waals surface area contributed by atoms with Crippen molar-refractivity contribution >= 4 is 17.9 Å². The standard InChI is InChI=1S/C22H34O8/c1-15-8-6-10-20(23)28-12-17(3)22(25)30-14-19(27-5)16(2)9-7-11-21(24)29-13-18(15)26-4/h6-9,15-19H,10-14H2,1-5H3/t15-,16-,17+,18-,19-/m0/s1. The number of hydrogen-bond donors (Lipinski definition) is 0. The van der Waals surface area contributed by atoms with Crippen LogP contribution in [0.4, 0.5) is 0 Å². The molecule has 0 saturated heterocycles. The molecule has 170 valence electrons. The molecule has 1 aliphatic rings. The van der Waals surface area contributed by atoms with Gasteiger partial charge in [-0.15, -0.1) is 0 Å². The van der Waals surface area contributed by atoms with E-state index in [4.69, 9.17) is 23.7 Å². The van der Waals surface area contributed by atoms with E-state index in [-0.39, 0.29) is 62.7 Å². The van der Waals surface area contributed by atoms with Gasteiger partial charge in [-0.05, 0) is 6.92 Å². The molecule has 8 heteroatoms. The van der Waals surface area contributed by atoms with Crippen molar-refractivity contribution in [3.05, 3.63) is 24.3 Å². The molecule has 0 aliphatic carbocycles. The molecule has 0 aromatic rings. The first-order chi connectivity index (χ1) is 14.3. The summed E-state index contributed by atoms with van der Waals surface area (Å²) in [6.45, 7) is 5.56. The molecule has 0 unspecified atom stereocenters. The number of ether oxygens (including phenoxy) is 5. The molecule has 0 aromatic carbocycles. The van der Waals surface area contributed by atoms with Crippen LogP contribution < -0.4 is 0 Å². The molecule has 1 rings (SSSR count). The minimum atomic E-state index is -0.585. The Labute approximate surface area is 178 Å². The van der Waals surface area contributed by atoms with Crippen LogP contribution in [0.1, 0.15) is 33.6 Å². The van der Waals surface area contributed by atoms with E-state index < -0.39 is 17.9 Å². The molecular formula is C22H34O8. The van der Waals surface area contributed by atoms with Crippen LogP contribution in [-0.2, 0) is 38.1 Å². The predicted octanol–water partition coefficient (Wildman–Crippen LogP) is 2.46. The smallest absolute Gasteiger partial charge is 0.312 e. The fourth-order valence-electron chi connectivity index (χ4n) is 2.76. The lowest BCUT2D eigenvalue weighted by Gasteiger charge is -2.21. The maximum Gasteiger partial charge on any atom is 0.312 e. The van der Waals surface area contributed by atoms with E-state index in [9.17, 15) is 14.4 Å². The molecule has 0 saturated carbocycles. The van der Waals surface area contributed by atoms with Crippen LogP contribution in [0.2, 0.25) is 0 Å². The Morgan fingerprint density at radius 2 is 1.17 bits per heavy atom. The third-order valence-electron chi connectivity index (χ3n) is 4.92. The number of methoxy groups -OCH3 is 2. The molecule has 0 amide bonds. The van der Waals surface area contributed by atoms with Crippen LogP contribution in [-0.4, -0.2) is 64.2 Å². The van der Waals surface area contributed by atoms with Crippen molar-refractivity contribution in [2.24, 2.45) is 17.8 Å². The summed E-state index contributed by atoms with van der Waals surface area (Å²) in [4.78, 5) is 36.0. The van der Waals surface area contributed by atoms with Gasteiger partial charge in [-0.1, -0.05) is 38.2 Å². The van der Waals surface area contributed by atoms with Gasteiger partial charge in [-0.25, -0.2) is 0 Å². The fourth-order valence-corrected chi connectivity index (χ4v) is 2.76. The molecule has 1 heterocycles. The van der Waals surface area contributed by atoms with Crippen molar-refractivity contribution in [1.82, 2.24) is 0 Å². The predicted molar refractivity (Wildman–Crippen MR) is 109 cm³/mol. The van der Waals surface area contributed by atoms with Gasteiger partial charge in [0.2, 0.25) is 0 Å². The first-order valence-corrected chi connectivity index (χ1v) is 10.1. The molecule has 0 bridgehead atoms. The van der Waals surface area contributed by atoms with Gasteiger partial charge >= 0.3 is 17.9 Å². The third-order valence-corrected chi connectivity index (χ3v) is 4.92. The van der Waals surface area contributed by atoms with Crippen molar-refractivity contribution in [2.45, 2.75) is 45.8 Å². The van der Waals surface area contributed by atoms with E-state index in [0.29, 0.717) is 0 Å². The van der Waals surface area contributed by atoms with Gasteiger partial charge in [0.25, 0.3) is 0 Å². The highest BCUT2D eigenvalue weighted by Gasteiger charge is 2.22. The van der Waals surface area contributed by atoms with Crippen molar-refractivity contribution < 1.29 is 38.1 Å². The SMILES string of the molecule is CO[C@H]1COC(=O)CC=C[C@H](C)[C@@H](OC)COC(=O)[C@H](C)COC(=O)CC=C[C@@H]1C. The molecular weight excluding hydrogens is 392 g/mol. The Morgan fingerprint density at radius 1 is 0.733 bits per heavy atom. The quantitative estimate of drug-likeness (QED) is 0.377. The van der Waals surface area contributed by atoms with Crippen molar-refractivity contribution in [3.63, 3.8) is 0 Å². The molecule has 0 radical (unpaired) electrons. The Morgan fingerprint density at radius 3 is 1.63 bits per heavy atom. The molecule has 8 nitrogen and oxygen atoms in total. The van der Waals surface area contributed by atoms with Gasteiger partial charge < -0.3 is 23.7 Å². The Hall–Kier alpha value is -2.19. The zero-order chi connectivity index (χ0) is 22.5. The highest BCUT2D eigenvalue weighted by atomic mass is 16.6. The maximum absolute atomic E-state index is 12.1. The Balaban J connectivity index is 2.86. The number of rotatable bonds is 2. The minimum Gasteiger partial charge on any atom is -0.465 e. The molecule has 0 fully saturated rings. The summed E-state index contributed by atoms with van der Waals surface area (Å²) < 4.78 is 26.5. The summed E-state index contributed by atoms with van der Waals surface area (Å²) in [6, 6.07) is 0. The lowest BCUT2D eigenvalue weighted by Crippen LogP contribution is -2.30. The van der Waals surface area contributed by atoms with Crippen molar-refractivity contribution in [2.75, 3.05) is 34.0 Å². The summed E-state index contributed by atoms with van der Waals surface area (Å²) in [6.07, 6.45) is 6.51. The summed E-state index contributed by atoms with van der Waals surface area (Å²) in [5, 5.41) is 0. The first kappa shape index (κ1) is 25.8. The second kappa shape index (κ2) is 13.9. The van der Waals surface area contributed by atoms with E-state index in [0.717, 1.165) is 0 Å². The van der Waals surface area contributed by atoms with Gasteiger partial charge in [0, 0.05) is 26.1 Å². The second-order valence-corrected chi connectivity index (χ2v) is 7.43. The molecule has 0 spiro atoms. The first-order valence-electron chi connectivity index (χ1n) is 10.1. The maximum atomic E-state index is 12.1. The van der Waals surface area contributed by atoms with Gasteiger partial charge in [0.15, 0.2) is 0 Å². The van der Waals surface area contributed by atoms with Crippen LogP contribution in [0.5, 0.6) is 0 Å². The average Bonchev–Trinajstić information content (AvgIpc) is 2.72. The average molecular weight is 427 g/mol. The lowest BCUT2D eigenvalue weighted by atomic mass is 10.0. The molecule has 0 N–H and O–H groups in total. The number of carbonyl (C=O) groups is 3. The Kier molecular flexibility index (Phi) is 12.0. The molecule has 30 heavy (non-hydrogen) atoms. The lowest BCUT2D eigenvalue weighted by molar-refractivity contribution is -0.157. The zero-order valence-corrected chi connectivity index (χ0v) is 18.5. The molecule has 0 aromatic heterocycles. The van der Waals surface area contributed by atoms with Gasteiger partial charge in [0.1, 0.15) is 19.8 Å². The number of hydrogen-bond acceptors (Lipinski definition) is 8. The summed E-state index contributed by atoms with van der Waals surface area (Å²) in [5.74, 6) is -2.03. The normalized spacial score (nSPS) is 30.8. The van der Waals surface area contributed by atoms with Crippen LogP contribution in [0.15, 0.2) is 24.3 Å². The van der Waals surface area contributed by atoms with Crippen molar-refractivity contribution in [1.29, 1.82) is 0 Å². The fraction of sp³-hybridized carbons (Fsp3) is 0.682. The van der Waals surface area contributed by atoms with Crippen LogP contribution in [0.3, 0.4) is 0 Å². The van der Waals surface area contributed by atoms with Gasteiger partial charge in [-0.2, -0.15) is 0 Å². The van der Waals surface area contributed by atoms with E-state index in [1.165, 1.54) is 7.11 Å². The zero-order valence-electron chi connectivity index (χ0n) is 18.5. The van der Waals surface area contributed by atoms with E-state index in [2.05, 4.69) is 0 Å². The second-order valence-electron chi connectivity index (χ2n) is 7.43.